The largest absolute Gasteiger partial charge is 0.399 e. The Balaban J connectivity index is 1.51. The molecule has 4 fully saturated rings. The molecule has 4 saturated carbocycles. The summed E-state index contributed by atoms with van der Waals surface area (Å²) >= 11 is 0. The van der Waals surface area contributed by atoms with Crippen molar-refractivity contribution < 1.29 is 9.59 Å². The number of rotatable bonds is 5. The van der Waals surface area contributed by atoms with E-state index < -0.39 is 5.91 Å². The van der Waals surface area contributed by atoms with Crippen LogP contribution in [0.4, 0.5) is 11.4 Å². The van der Waals surface area contributed by atoms with Gasteiger partial charge in [0.15, 0.2) is 0 Å². The standard InChI is InChI=1S/C24H30N4O2/c1-15(24-10-17-7-18(11-24)9-19(8-17)12-24)27-23(30)20(13-25)14-28(16(2)29)22-5-3-21(26)4-6-22/h3-6,14-15,17-19H,7-12,26H2,1-2H3,(H,27,30)/b20-14-. The first kappa shape index (κ1) is 20.5. The second-order valence-corrected chi connectivity index (χ2v) is 9.61. The van der Waals surface area contributed by atoms with Crippen molar-refractivity contribution in [2.45, 2.75) is 58.4 Å². The number of nitrogens with two attached hydrogens (primary N) is 1. The second-order valence-electron chi connectivity index (χ2n) is 9.61. The second kappa shape index (κ2) is 7.79. The van der Waals surface area contributed by atoms with Crippen LogP contribution < -0.4 is 16.0 Å². The van der Waals surface area contributed by atoms with E-state index in [0.717, 1.165) is 17.8 Å². The van der Waals surface area contributed by atoms with Crippen LogP contribution in [-0.4, -0.2) is 17.9 Å². The van der Waals surface area contributed by atoms with Gasteiger partial charge in [-0.15, -0.1) is 0 Å². The summed E-state index contributed by atoms with van der Waals surface area (Å²) in [5, 5.41) is 12.7. The molecule has 6 heteroatoms. The molecular weight excluding hydrogens is 376 g/mol. The summed E-state index contributed by atoms with van der Waals surface area (Å²) in [6.07, 6.45) is 8.90. The summed E-state index contributed by atoms with van der Waals surface area (Å²) in [4.78, 5) is 26.4. The summed E-state index contributed by atoms with van der Waals surface area (Å²) < 4.78 is 0. The highest BCUT2D eigenvalue weighted by Crippen LogP contribution is 2.61. The third-order valence-corrected chi connectivity index (χ3v) is 7.49. The van der Waals surface area contributed by atoms with E-state index in [1.54, 1.807) is 24.3 Å². The Hall–Kier alpha value is -2.81. The average Bonchev–Trinajstić information content (AvgIpc) is 2.68. The fraction of sp³-hybridized carbons (Fsp3) is 0.542. The molecule has 158 valence electrons. The van der Waals surface area contributed by atoms with Crippen molar-refractivity contribution >= 4 is 23.2 Å². The number of nitrogens with zero attached hydrogens (tertiary/aromatic N) is 2. The SMILES string of the molecule is CC(=O)N(/C=C(/C#N)C(=O)NC(C)C12CC3CC(CC(C3)C1)C2)c1ccc(N)cc1. The number of nitrogen functional groups attached to an aromatic ring is 1. The first-order chi connectivity index (χ1) is 14.3. The van der Waals surface area contributed by atoms with E-state index in [0.29, 0.717) is 11.4 Å². The number of benzene rings is 1. The molecule has 1 aromatic rings. The molecule has 5 rings (SSSR count). The fourth-order valence-corrected chi connectivity index (χ4v) is 6.38. The predicted molar refractivity (Wildman–Crippen MR) is 116 cm³/mol. The summed E-state index contributed by atoms with van der Waals surface area (Å²) in [7, 11) is 0. The molecule has 6 nitrogen and oxygen atoms in total. The van der Waals surface area contributed by atoms with Crippen LogP contribution in [0.3, 0.4) is 0 Å². The van der Waals surface area contributed by atoms with Crippen LogP contribution in [0.1, 0.15) is 52.4 Å². The number of carbonyl (C=O) groups is 2. The molecule has 4 aliphatic rings. The van der Waals surface area contributed by atoms with Crippen LogP contribution in [0.25, 0.3) is 0 Å². The molecule has 0 aliphatic heterocycles. The molecule has 4 aliphatic carbocycles. The van der Waals surface area contributed by atoms with E-state index in [-0.39, 0.29) is 22.9 Å². The Morgan fingerprint density at radius 2 is 1.70 bits per heavy atom. The maximum absolute atomic E-state index is 13.0. The quantitative estimate of drug-likeness (QED) is 0.442. The van der Waals surface area contributed by atoms with Gasteiger partial charge in [0.05, 0.1) is 0 Å². The van der Waals surface area contributed by atoms with Crippen molar-refractivity contribution in [1.29, 1.82) is 5.26 Å². The normalized spacial score (nSPS) is 30.4. The van der Waals surface area contributed by atoms with E-state index in [4.69, 9.17) is 5.73 Å². The van der Waals surface area contributed by atoms with Crippen LogP contribution in [0.15, 0.2) is 36.0 Å². The monoisotopic (exact) mass is 406 g/mol. The van der Waals surface area contributed by atoms with Gasteiger partial charge in [-0.25, -0.2) is 0 Å². The lowest BCUT2D eigenvalue weighted by Gasteiger charge is -2.59. The molecule has 0 saturated heterocycles. The molecule has 0 spiro atoms. The zero-order valence-corrected chi connectivity index (χ0v) is 17.7. The fourth-order valence-electron chi connectivity index (χ4n) is 6.38. The number of anilines is 2. The van der Waals surface area contributed by atoms with Gasteiger partial charge in [-0.05, 0) is 92.9 Å². The molecule has 3 N–H and O–H groups in total. The van der Waals surface area contributed by atoms with Crippen LogP contribution in [0, 0.1) is 34.5 Å². The van der Waals surface area contributed by atoms with Crippen LogP contribution >= 0.6 is 0 Å². The molecule has 2 amide bonds. The summed E-state index contributed by atoms with van der Waals surface area (Å²) in [5.41, 5.74) is 6.95. The van der Waals surface area contributed by atoms with E-state index in [9.17, 15) is 14.9 Å². The molecule has 1 atom stereocenters. The van der Waals surface area contributed by atoms with Crippen molar-refractivity contribution in [3.63, 3.8) is 0 Å². The van der Waals surface area contributed by atoms with Gasteiger partial charge in [0.2, 0.25) is 5.91 Å². The number of amides is 2. The van der Waals surface area contributed by atoms with Gasteiger partial charge in [-0.1, -0.05) is 0 Å². The highest BCUT2D eigenvalue weighted by molar-refractivity contribution is 6.01. The smallest absolute Gasteiger partial charge is 0.263 e. The zero-order valence-electron chi connectivity index (χ0n) is 17.7. The van der Waals surface area contributed by atoms with Gasteiger partial charge in [-0.3, -0.25) is 14.5 Å². The first-order valence-corrected chi connectivity index (χ1v) is 10.9. The number of nitrogens with one attached hydrogen (secondary N) is 1. The van der Waals surface area contributed by atoms with E-state index in [1.165, 1.54) is 56.5 Å². The molecule has 4 bridgehead atoms. The lowest BCUT2D eigenvalue weighted by Crippen LogP contribution is -2.56. The van der Waals surface area contributed by atoms with Crippen molar-refractivity contribution in [1.82, 2.24) is 5.32 Å². The van der Waals surface area contributed by atoms with E-state index in [1.807, 2.05) is 6.07 Å². The molecule has 0 radical (unpaired) electrons. The zero-order chi connectivity index (χ0) is 21.5. The maximum atomic E-state index is 13.0. The van der Waals surface area contributed by atoms with E-state index in [2.05, 4.69) is 12.2 Å². The third-order valence-electron chi connectivity index (χ3n) is 7.49. The van der Waals surface area contributed by atoms with Gasteiger partial charge in [0, 0.05) is 30.5 Å². The first-order valence-electron chi connectivity index (χ1n) is 10.9. The third kappa shape index (κ3) is 3.81. The molecule has 1 aromatic carbocycles. The minimum absolute atomic E-state index is 0.0115. The number of nitriles is 1. The number of hydrogen-bond donors (Lipinski definition) is 2. The number of hydrogen-bond acceptors (Lipinski definition) is 4. The van der Waals surface area contributed by atoms with Crippen molar-refractivity contribution in [2.24, 2.45) is 23.2 Å². The Kier molecular flexibility index (Phi) is 5.31. The minimum Gasteiger partial charge on any atom is -0.399 e. The molecule has 30 heavy (non-hydrogen) atoms. The van der Waals surface area contributed by atoms with Crippen LogP contribution in [0.2, 0.25) is 0 Å². The summed E-state index contributed by atoms with van der Waals surface area (Å²) in [5.74, 6) is 1.68. The summed E-state index contributed by atoms with van der Waals surface area (Å²) in [6, 6.07) is 8.74. The maximum Gasteiger partial charge on any atom is 0.263 e. The topological polar surface area (TPSA) is 99.2 Å². The molecule has 1 unspecified atom stereocenters. The lowest BCUT2D eigenvalue weighted by atomic mass is 9.48. The van der Waals surface area contributed by atoms with Crippen molar-refractivity contribution in [3.05, 3.63) is 36.0 Å². The van der Waals surface area contributed by atoms with Gasteiger partial charge in [0.1, 0.15) is 11.6 Å². The van der Waals surface area contributed by atoms with Crippen molar-refractivity contribution in [2.75, 3.05) is 10.6 Å². The van der Waals surface area contributed by atoms with Gasteiger partial charge in [0.25, 0.3) is 5.91 Å². The Morgan fingerprint density at radius 3 is 2.17 bits per heavy atom. The summed E-state index contributed by atoms with van der Waals surface area (Å²) in [6.45, 7) is 3.49. The van der Waals surface area contributed by atoms with Gasteiger partial charge >= 0.3 is 0 Å². The molecule has 0 aromatic heterocycles. The van der Waals surface area contributed by atoms with Crippen LogP contribution in [-0.2, 0) is 9.59 Å². The highest BCUT2D eigenvalue weighted by atomic mass is 16.2. The Morgan fingerprint density at radius 1 is 1.17 bits per heavy atom. The minimum atomic E-state index is -0.414. The van der Waals surface area contributed by atoms with Gasteiger partial charge in [-0.2, -0.15) is 5.26 Å². The molecule has 0 heterocycles. The van der Waals surface area contributed by atoms with E-state index >= 15 is 0 Å². The molecular formula is C24H30N4O2. The average molecular weight is 407 g/mol. The Bertz CT molecular complexity index is 877. The van der Waals surface area contributed by atoms with Crippen molar-refractivity contribution in [3.8, 4) is 6.07 Å². The lowest BCUT2D eigenvalue weighted by molar-refractivity contribution is -0.122. The highest BCUT2D eigenvalue weighted by Gasteiger charge is 2.53. The Labute approximate surface area is 178 Å². The van der Waals surface area contributed by atoms with Crippen LogP contribution in [0.5, 0.6) is 0 Å². The van der Waals surface area contributed by atoms with Gasteiger partial charge < -0.3 is 11.1 Å². The number of carbonyl (C=O) groups excluding carboxylic acids is 2. The predicted octanol–water partition coefficient (Wildman–Crippen LogP) is 3.75.